The van der Waals surface area contributed by atoms with Crippen LogP contribution in [-0.2, 0) is 6.54 Å². The summed E-state index contributed by atoms with van der Waals surface area (Å²) in [4.78, 5) is 14.8. The number of rotatable bonds is 3. The lowest BCUT2D eigenvalue weighted by molar-refractivity contribution is 0.850. The summed E-state index contributed by atoms with van der Waals surface area (Å²) in [6.07, 6.45) is 6.94. The highest BCUT2D eigenvalue weighted by atomic mass is 79.9. The first-order chi connectivity index (χ1) is 8.16. The van der Waals surface area contributed by atoms with Crippen LogP contribution in [0.15, 0.2) is 35.3 Å². The normalized spacial score (nSPS) is 10.3. The lowest BCUT2D eigenvalue weighted by atomic mass is 10.2. The van der Waals surface area contributed by atoms with Crippen LogP contribution in [-0.4, -0.2) is 22.0 Å². The molecule has 0 saturated carbocycles. The summed E-state index contributed by atoms with van der Waals surface area (Å²) in [5.74, 6) is 0.957. The molecule has 5 heteroatoms. The Morgan fingerprint density at radius 3 is 2.71 bits per heavy atom. The van der Waals surface area contributed by atoms with E-state index in [1.54, 1.807) is 24.8 Å². The SMILES string of the molecule is Cc1cc(Br)cnc1N(C)Cc1cnccn1. The summed E-state index contributed by atoms with van der Waals surface area (Å²) in [5.41, 5.74) is 2.06. The van der Waals surface area contributed by atoms with E-state index >= 15 is 0 Å². The fourth-order valence-electron chi connectivity index (χ4n) is 1.66. The van der Waals surface area contributed by atoms with Gasteiger partial charge in [0.25, 0.3) is 0 Å². The number of anilines is 1. The third kappa shape index (κ3) is 3.00. The Morgan fingerprint density at radius 1 is 1.24 bits per heavy atom. The van der Waals surface area contributed by atoms with E-state index in [-0.39, 0.29) is 0 Å². The minimum absolute atomic E-state index is 0.698. The fraction of sp³-hybridized carbons (Fsp3) is 0.250. The first-order valence-electron chi connectivity index (χ1n) is 5.25. The predicted octanol–water partition coefficient (Wildman–Crippen LogP) is 2.58. The summed E-state index contributed by atoms with van der Waals surface area (Å²) in [5, 5.41) is 0. The summed E-state index contributed by atoms with van der Waals surface area (Å²) in [7, 11) is 2.00. The first-order valence-corrected chi connectivity index (χ1v) is 6.04. The fourth-order valence-corrected chi connectivity index (χ4v) is 2.11. The quantitative estimate of drug-likeness (QED) is 0.872. The van der Waals surface area contributed by atoms with Gasteiger partial charge in [0, 0.05) is 30.1 Å². The lowest BCUT2D eigenvalue weighted by Gasteiger charge is -2.19. The highest BCUT2D eigenvalue weighted by Gasteiger charge is 2.07. The Labute approximate surface area is 109 Å². The van der Waals surface area contributed by atoms with E-state index in [1.807, 2.05) is 14.0 Å². The molecular weight excluding hydrogens is 280 g/mol. The van der Waals surface area contributed by atoms with Gasteiger partial charge in [-0.15, -0.1) is 0 Å². The van der Waals surface area contributed by atoms with Crippen LogP contribution in [0, 0.1) is 6.92 Å². The minimum Gasteiger partial charge on any atom is -0.353 e. The molecule has 0 unspecified atom stereocenters. The van der Waals surface area contributed by atoms with Crippen molar-refractivity contribution in [2.24, 2.45) is 0 Å². The molecule has 88 valence electrons. The Hall–Kier alpha value is -1.49. The zero-order chi connectivity index (χ0) is 12.3. The van der Waals surface area contributed by atoms with Crippen molar-refractivity contribution in [2.45, 2.75) is 13.5 Å². The first kappa shape index (κ1) is 12.0. The predicted molar refractivity (Wildman–Crippen MR) is 70.8 cm³/mol. The van der Waals surface area contributed by atoms with Gasteiger partial charge in [-0.25, -0.2) is 4.98 Å². The van der Waals surface area contributed by atoms with Crippen molar-refractivity contribution >= 4 is 21.7 Å². The van der Waals surface area contributed by atoms with Gasteiger partial charge in [-0.3, -0.25) is 9.97 Å². The molecule has 4 nitrogen and oxygen atoms in total. The molecule has 0 spiro atoms. The Balaban J connectivity index is 2.17. The van der Waals surface area contributed by atoms with Crippen molar-refractivity contribution < 1.29 is 0 Å². The Morgan fingerprint density at radius 2 is 2.06 bits per heavy atom. The van der Waals surface area contributed by atoms with Gasteiger partial charge in [0.1, 0.15) is 5.82 Å². The second-order valence-corrected chi connectivity index (χ2v) is 4.76. The molecule has 2 aromatic heterocycles. The van der Waals surface area contributed by atoms with Crippen LogP contribution in [0.2, 0.25) is 0 Å². The third-order valence-corrected chi connectivity index (χ3v) is 2.83. The van der Waals surface area contributed by atoms with Crippen molar-refractivity contribution in [3.8, 4) is 0 Å². The maximum Gasteiger partial charge on any atom is 0.131 e. The standard InChI is InChI=1S/C12H13BrN4/c1-9-5-10(13)6-16-12(9)17(2)8-11-7-14-3-4-15-11/h3-7H,8H2,1-2H3. The molecule has 2 aromatic rings. The van der Waals surface area contributed by atoms with Gasteiger partial charge < -0.3 is 4.90 Å². The van der Waals surface area contributed by atoms with Crippen molar-refractivity contribution in [1.29, 1.82) is 0 Å². The number of halogens is 1. The number of nitrogens with zero attached hydrogens (tertiary/aromatic N) is 4. The number of aromatic nitrogens is 3. The molecule has 17 heavy (non-hydrogen) atoms. The van der Waals surface area contributed by atoms with Crippen molar-refractivity contribution in [2.75, 3.05) is 11.9 Å². The molecule has 0 atom stereocenters. The average Bonchev–Trinajstić information content (AvgIpc) is 2.30. The molecule has 0 radical (unpaired) electrons. The van der Waals surface area contributed by atoms with E-state index in [0.29, 0.717) is 6.54 Å². The lowest BCUT2D eigenvalue weighted by Crippen LogP contribution is -2.19. The molecule has 0 aromatic carbocycles. The molecule has 0 fully saturated rings. The molecule has 0 bridgehead atoms. The van der Waals surface area contributed by atoms with Crippen LogP contribution in [0.25, 0.3) is 0 Å². The van der Waals surface area contributed by atoms with E-state index in [0.717, 1.165) is 21.5 Å². The summed E-state index contributed by atoms with van der Waals surface area (Å²) in [6.45, 7) is 2.74. The highest BCUT2D eigenvalue weighted by Crippen LogP contribution is 2.20. The van der Waals surface area contributed by atoms with Crippen LogP contribution in [0.4, 0.5) is 5.82 Å². The molecular formula is C12H13BrN4. The zero-order valence-corrected chi connectivity index (χ0v) is 11.3. The van der Waals surface area contributed by atoms with E-state index in [4.69, 9.17) is 0 Å². The number of pyridine rings is 1. The second kappa shape index (κ2) is 5.23. The smallest absolute Gasteiger partial charge is 0.131 e. The van der Waals surface area contributed by atoms with Crippen molar-refractivity contribution in [3.05, 3.63) is 46.6 Å². The molecule has 2 heterocycles. The largest absolute Gasteiger partial charge is 0.353 e. The summed E-state index contributed by atoms with van der Waals surface area (Å²) < 4.78 is 0.992. The Bertz CT molecular complexity index is 501. The molecule has 0 N–H and O–H groups in total. The van der Waals surface area contributed by atoms with E-state index in [1.165, 1.54) is 0 Å². The number of aryl methyl sites for hydroxylation is 1. The summed E-state index contributed by atoms with van der Waals surface area (Å²) in [6, 6.07) is 2.05. The van der Waals surface area contributed by atoms with Crippen LogP contribution in [0.5, 0.6) is 0 Å². The maximum absolute atomic E-state index is 4.40. The maximum atomic E-state index is 4.40. The van der Waals surface area contributed by atoms with Crippen LogP contribution in [0.3, 0.4) is 0 Å². The van der Waals surface area contributed by atoms with E-state index in [2.05, 4.69) is 41.8 Å². The molecule has 0 amide bonds. The summed E-state index contributed by atoms with van der Waals surface area (Å²) >= 11 is 3.41. The van der Waals surface area contributed by atoms with Gasteiger partial charge in [-0.05, 0) is 34.5 Å². The van der Waals surface area contributed by atoms with Gasteiger partial charge in [0.05, 0.1) is 18.4 Å². The third-order valence-electron chi connectivity index (χ3n) is 2.39. The Kier molecular flexibility index (Phi) is 3.68. The number of hydrogen-bond donors (Lipinski definition) is 0. The van der Waals surface area contributed by atoms with Crippen molar-refractivity contribution in [1.82, 2.24) is 15.0 Å². The monoisotopic (exact) mass is 292 g/mol. The molecule has 2 rings (SSSR count). The average molecular weight is 293 g/mol. The highest BCUT2D eigenvalue weighted by molar-refractivity contribution is 9.10. The van der Waals surface area contributed by atoms with Crippen LogP contribution in [0.1, 0.15) is 11.3 Å². The van der Waals surface area contributed by atoms with E-state index < -0.39 is 0 Å². The molecule has 0 aliphatic carbocycles. The molecule has 0 aliphatic rings. The van der Waals surface area contributed by atoms with Crippen LogP contribution >= 0.6 is 15.9 Å². The van der Waals surface area contributed by atoms with Gasteiger partial charge >= 0.3 is 0 Å². The molecule has 0 saturated heterocycles. The number of hydrogen-bond acceptors (Lipinski definition) is 4. The minimum atomic E-state index is 0.698. The van der Waals surface area contributed by atoms with Crippen LogP contribution < -0.4 is 4.90 Å². The molecule has 0 aliphatic heterocycles. The van der Waals surface area contributed by atoms with E-state index in [9.17, 15) is 0 Å². The topological polar surface area (TPSA) is 41.9 Å². The van der Waals surface area contributed by atoms with Gasteiger partial charge in [-0.1, -0.05) is 0 Å². The van der Waals surface area contributed by atoms with Gasteiger partial charge in [-0.2, -0.15) is 0 Å². The van der Waals surface area contributed by atoms with Gasteiger partial charge in [0.2, 0.25) is 0 Å². The van der Waals surface area contributed by atoms with Crippen molar-refractivity contribution in [3.63, 3.8) is 0 Å². The zero-order valence-electron chi connectivity index (χ0n) is 9.76. The van der Waals surface area contributed by atoms with Gasteiger partial charge in [0.15, 0.2) is 0 Å². The second-order valence-electron chi connectivity index (χ2n) is 3.85.